The normalized spacial score (nSPS) is 10.4. The molecule has 19 heavy (non-hydrogen) atoms. The van der Waals surface area contributed by atoms with Crippen molar-refractivity contribution < 1.29 is 14.6 Å². The first-order valence-corrected chi connectivity index (χ1v) is 5.67. The zero-order chi connectivity index (χ0) is 13.7. The van der Waals surface area contributed by atoms with Crippen molar-refractivity contribution >= 4 is 17.3 Å². The topological polar surface area (TPSA) is 89.3 Å². The Balaban J connectivity index is 2.13. The summed E-state index contributed by atoms with van der Waals surface area (Å²) in [5.41, 5.74) is 1.11. The van der Waals surface area contributed by atoms with E-state index in [2.05, 4.69) is 15.4 Å². The van der Waals surface area contributed by atoms with Crippen LogP contribution in [0.1, 0.15) is 10.5 Å². The SMILES string of the molecule is COCCn1cc(Nc2cccnc2C(=O)O)cn1. The predicted octanol–water partition coefficient (Wildman–Crippen LogP) is 1.37. The van der Waals surface area contributed by atoms with Crippen LogP contribution in [-0.2, 0) is 11.3 Å². The van der Waals surface area contributed by atoms with Crippen LogP contribution in [0.2, 0.25) is 0 Å². The quantitative estimate of drug-likeness (QED) is 0.817. The van der Waals surface area contributed by atoms with Gasteiger partial charge in [0.15, 0.2) is 5.69 Å². The lowest BCUT2D eigenvalue weighted by molar-refractivity contribution is 0.0691. The van der Waals surface area contributed by atoms with E-state index in [1.54, 1.807) is 36.3 Å². The van der Waals surface area contributed by atoms with Gasteiger partial charge in [-0.15, -0.1) is 0 Å². The predicted molar refractivity (Wildman–Crippen MR) is 68.6 cm³/mol. The average molecular weight is 262 g/mol. The summed E-state index contributed by atoms with van der Waals surface area (Å²) in [5.74, 6) is -1.07. The van der Waals surface area contributed by atoms with E-state index in [9.17, 15) is 4.79 Å². The van der Waals surface area contributed by atoms with Gasteiger partial charge in [0.1, 0.15) is 0 Å². The fraction of sp³-hybridized carbons (Fsp3) is 0.250. The summed E-state index contributed by atoms with van der Waals surface area (Å²) in [6.45, 7) is 1.20. The molecule has 2 N–H and O–H groups in total. The number of nitrogens with one attached hydrogen (secondary N) is 1. The van der Waals surface area contributed by atoms with Crippen molar-refractivity contribution in [1.82, 2.24) is 14.8 Å². The first-order chi connectivity index (χ1) is 9.20. The molecule has 7 heteroatoms. The molecule has 0 aromatic carbocycles. The van der Waals surface area contributed by atoms with Crippen LogP contribution in [-0.4, -0.2) is 39.6 Å². The molecule has 2 aromatic rings. The number of carboxylic acid groups (broad SMARTS) is 1. The molecule has 100 valence electrons. The fourth-order valence-corrected chi connectivity index (χ4v) is 1.57. The van der Waals surface area contributed by atoms with Crippen molar-refractivity contribution in [2.24, 2.45) is 0 Å². The van der Waals surface area contributed by atoms with Gasteiger partial charge in [-0.3, -0.25) is 4.68 Å². The molecule has 0 atom stereocenters. The number of anilines is 2. The summed E-state index contributed by atoms with van der Waals surface area (Å²) in [6.07, 6.45) is 4.84. The lowest BCUT2D eigenvalue weighted by atomic mass is 10.3. The summed E-state index contributed by atoms with van der Waals surface area (Å²) in [4.78, 5) is 14.8. The van der Waals surface area contributed by atoms with Gasteiger partial charge in [-0.25, -0.2) is 9.78 Å². The average Bonchev–Trinajstić information content (AvgIpc) is 2.84. The highest BCUT2D eigenvalue weighted by Crippen LogP contribution is 2.18. The first-order valence-electron chi connectivity index (χ1n) is 5.67. The third-order valence-corrected chi connectivity index (χ3v) is 2.45. The molecular weight excluding hydrogens is 248 g/mol. The molecule has 0 saturated carbocycles. The van der Waals surface area contributed by atoms with Crippen molar-refractivity contribution in [3.8, 4) is 0 Å². The Kier molecular flexibility index (Phi) is 4.09. The van der Waals surface area contributed by atoms with Crippen molar-refractivity contribution in [3.05, 3.63) is 36.4 Å². The molecule has 0 aliphatic heterocycles. The standard InChI is InChI=1S/C12H14N4O3/c1-19-6-5-16-8-9(7-14-16)15-10-3-2-4-13-11(10)12(17)18/h2-4,7-8,15H,5-6H2,1H3,(H,17,18). The number of nitrogens with zero attached hydrogens (tertiary/aromatic N) is 3. The minimum atomic E-state index is -1.07. The Morgan fingerprint density at radius 3 is 3.16 bits per heavy atom. The van der Waals surface area contributed by atoms with Gasteiger partial charge in [0.2, 0.25) is 0 Å². The van der Waals surface area contributed by atoms with E-state index >= 15 is 0 Å². The zero-order valence-corrected chi connectivity index (χ0v) is 10.4. The molecule has 2 aromatic heterocycles. The Morgan fingerprint density at radius 2 is 2.42 bits per heavy atom. The van der Waals surface area contributed by atoms with E-state index in [4.69, 9.17) is 9.84 Å². The third-order valence-electron chi connectivity index (χ3n) is 2.45. The van der Waals surface area contributed by atoms with Crippen LogP contribution in [0.15, 0.2) is 30.7 Å². The molecule has 2 heterocycles. The Morgan fingerprint density at radius 1 is 1.58 bits per heavy atom. The van der Waals surface area contributed by atoms with Gasteiger partial charge in [0.05, 0.1) is 30.7 Å². The number of carbonyl (C=O) groups is 1. The van der Waals surface area contributed by atoms with Gasteiger partial charge in [0, 0.05) is 19.5 Å². The van der Waals surface area contributed by atoms with Gasteiger partial charge in [-0.2, -0.15) is 5.10 Å². The van der Waals surface area contributed by atoms with E-state index in [-0.39, 0.29) is 5.69 Å². The van der Waals surface area contributed by atoms with E-state index in [0.29, 0.717) is 24.5 Å². The second kappa shape index (κ2) is 5.96. The summed E-state index contributed by atoms with van der Waals surface area (Å²) >= 11 is 0. The van der Waals surface area contributed by atoms with Crippen LogP contribution in [0.4, 0.5) is 11.4 Å². The maximum atomic E-state index is 11.0. The smallest absolute Gasteiger partial charge is 0.356 e. The maximum Gasteiger partial charge on any atom is 0.356 e. The minimum absolute atomic E-state index is 0.0212. The summed E-state index contributed by atoms with van der Waals surface area (Å²) in [6, 6.07) is 3.33. The van der Waals surface area contributed by atoms with Crippen molar-refractivity contribution in [3.63, 3.8) is 0 Å². The lowest BCUT2D eigenvalue weighted by Gasteiger charge is -2.05. The van der Waals surface area contributed by atoms with E-state index in [1.807, 2.05) is 0 Å². The molecule has 7 nitrogen and oxygen atoms in total. The van der Waals surface area contributed by atoms with Gasteiger partial charge in [-0.1, -0.05) is 0 Å². The number of methoxy groups -OCH3 is 1. The third kappa shape index (κ3) is 3.29. The molecule has 0 unspecified atom stereocenters. The number of rotatable bonds is 6. The Bertz CT molecular complexity index is 568. The fourth-order valence-electron chi connectivity index (χ4n) is 1.57. The molecule has 0 spiro atoms. The van der Waals surface area contributed by atoms with E-state index < -0.39 is 5.97 Å². The highest BCUT2D eigenvalue weighted by Gasteiger charge is 2.11. The molecule has 0 aliphatic rings. The second-order valence-corrected chi connectivity index (χ2v) is 3.81. The van der Waals surface area contributed by atoms with Crippen molar-refractivity contribution in [2.45, 2.75) is 6.54 Å². The molecule has 2 rings (SSSR count). The van der Waals surface area contributed by atoms with E-state index in [1.165, 1.54) is 6.20 Å². The zero-order valence-electron chi connectivity index (χ0n) is 10.4. The number of pyridine rings is 1. The number of hydrogen-bond acceptors (Lipinski definition) is 5. The second-order valence-electron chi connectivity index (χ2n) is 3.81. The van der Waals surface area contributed by atoms with Crippen LogP contribution in [0.25, 0.3) is 0 Å². The molecule has 0 radical (unpaired) electrons. The molecule has 0 bridgehead atoms. The number of aromatic carboxylic acids is 1. The number of hydrogen-bond donors (Lipinski definition) is 2. The molecule has 0 saturated heterocycles. The number of carboxylic acids is 1. The van der Waals surface area contributed by atoms with Crippen molar-refractivity contribution in [2.75, 3.05) is 19.0 Å². The maximum absolute atomic E-state index is 11.0. The highest BCUT2D eigenvalue weighted by atomic mass is 16.5. The summed E-state index contributed by atoms with van der Waals surface area (Å²) < 4.78 is 6.67. The largest absolute Gasteiger partial charge is 0.476 e. The summed E-state index contributed by atoms with van der Waals surface area (Å²) in [5, 5.41) is 16.1. The highest BCUT2D eigenvalue weighted by molar-refractivity contribution is 5.92. The van der Waals surface area contributed by atoms with E-state index in [0.717, 1.165) is 0 Å². The molecule has 0 amide bonds. The molecular formula is C12H14N4O3. The number of ether oxygens (including phenoxy) is 1. The Hall–Kier alpha value is -2.41. The summed E-state index contributed by atoms with van der Waals surface area (Å²) in [7, 11) is 1.62. The lowest BCUT2D eigenvalue weighted by Crippen LogP contribution is -2.05. The molecule has 0 aliphatic carbocycles. The van der Waals surface area contributed by atoms with Gasteiger partial charge < -0.3 is 15.2 Å². The minimum Gasteiger partial charge on any atom is -0.476 e. The van der Waals surface area contributed by atoms with Crippen LogP contribution in [0, 0.1) is 0 Å². The number of aromatic nitrogens is 3. The van der Waals surface area contributed by atoms with Gasteiger partial charge in [0.25, 0.3) is 0 Å². The van der Waals surface area contributed by atoms with Gasteiger partial charge >= 0.3 is 5.97 Å². The molecule has 0 fully saturated rings. The van der Waals surface area contributed by atoms with Crippen LogP contribution < -0.4 is 5.32 Å². The van der Waals surface area contributed by atoms with Crippen LogP contribution >= 0.6 is 0 Å². The van der Waals surface area contributed by atoms with Gasteiger partial charge in [-0.05, 0) is 12.1 Å². The Labute approximate surface area is 109 Å². The van der Waals surface area contributed by atoms with Crippen LogP contribution in [0.3, 0.4) is 0 Å². The first kappa shape index (κ1) is 13.0. The van der Waals surface area contributed by atoms with Crippen LogP contribution in [0.5, 0.6) is 0 Å². The van der Waals surface area contributed by atoms with Crippen molar-refractivity contribution in [1.29, 1.82) is 0 Å². The monoisotopic (exact) mass is 262 g/mol.